The predicted molar refractivity (Wildman–Crippen MR) is 95.4 cm³/mol. The number of pyridine rings is 1. The van der Waals surface area contributed by atoms with Crippen molar-refractivity contribution in [3.05, 3.63) is 40.7 Å². The van der Waals surface area contributed by atoms with Crippen molar-refractivity contribution in [3.63, 3.8) is 0 Å². The Morgan fingerprint density at radius 3 is 3.00 bits per heavy atom. The smallest absolute Gasteiger partial charge is 0.207 e. The van der Waals surface area contributed by atoms with E-state index < -0.39 is 0 Å². The van der Waals surface area contributed by atoms with Crippen LogP contribution in [0.25, 0.3) is 16.6 Å². The van der Waals surface area contributed by atoms with E-state index in [0.717, 1.165) is 28.5 Å². The zero-order valence-electron chi connectivity index (χ0n) is 13.7. The molecule has 3 aromatic rings. The van der Waals surface area contributed by atoms with E-state index in [-0.39, 0.29) is 0 Å². The maximum absolute atomic E-state index is 5.75. The van der Waals surface area contributed by atoms with Gasteiger partial charge in [-0.1, -0.05) is 25.1 Å². The highest BCUT2D eigenvalue weighted by Gasteiger charge is 2.21. The molecule has 2 aromatic heterocycles. The predicted octanol–water partition coefficient (Wildman–Crippen LogP) is 2.60. The van der Waals surface area contributed by atoms with Crippen molar-refractivity contribution in [3.8, 4) is 0 Å². The third-order valence-electron chi connectivity index (χ3n) is 5.02. The van der Waals surface area contributed by atoms with Crippen molar-refractivity contribution in [2.45, 2.75) is 33.4 Å². The molecule has 0 saturated carbocycles. The fraction of sp³-hybridized carbons (Fsp3) is 0.444. The number of para-hydroxylation sites is 1. The molecule has 0 amide bonds. The van der Waals surface area contributed by atoms with Gasteiger partial charge in [0.1, 0.15) is 0 Å². The van der Waals surface area contributed by atoms with Crippen LogP contribution < -0.4 is 4.90 Å². The second-order valence-corrected chi connectivity index (χ2v) is 7.30. The molecular formula is C18H23N4S+. The standard InChI is InChI=1S/C18H22N4S/c1-13-6-5-9-20(11-13)12-21-18(23)22-16-8-4-3-7-15(16)14(2)10-17(22)19-21/h3-4,7-8,10,13H,5-6,9,11-12H2,1-2H3/p+1/t13-/m0/s1. The Kier molecular flexibility index (Phi) is 3.70. The van der Waals surface area contributed by atoms with Crippen LogP contribution in [0.1, 0.15) is 25.3 Å². The molecule has 0 radical (unpaired) electrons. The highest BCUT2D eigenvalue weighted by Crippen LogP contribution is 2.21. The van der Waals surface area contributed by atoms with Crippen molar-refractivity contribution in [1.82, 2.24) is 14.2 Å². The average molecular weight is 327 g/mol. The van der Waals surface area contributed by atoms with Gasteiger partial charge < -0.3 is 4.90 Å². The first kappa shape index (κ1) is 14.8. The maximum atomic E-state index is 5.75. The molecule has 0 bridgehead atoms. The van der Waals surface area contributed by atoms with E-state index in [9.17, 15) is 0 Å². The molecule has 120 valence electrons. The third-order valence-corrected chi connectivity index (χ3v) is 5.41. The number of nitrogens with one attached hydrogen (secondary N) is 1. The van der Waals surface area contributed by atoms with Crippen LogP contribution in [-0.2, 0) is 6.67 Å². The number of aryl methyl sites for hydroxylation is 1. The molecule has 4 rings (SSSR count). The molecule has 23 heavy (non-hydrogen) atoms. The molecule has 4 nitrogen and oxygen atoms in total. The van der Waals surface area contributed by atoms with Crippen molar-refractivity contribution in [2.24, 2.45) is 5.92 Å². The Morgan fingerprint density at radius 2 is 2.17 bits per heavy atom. The van der Waals surface area contributed by atoms with Crippen molar-refractivity contribution in [2.75, 3.05) is 13.1 Å². The topological polar surface area (TPSA) is 26.7 Å². The molecule has 1 fully saturated rings. The van der Waals surface area contributed by atoms with Gasteiger partial charge in [-0.05, 0) is 49.7 Å². The van der Waals surface area contributed by atoms with E-state index >= 15 is 0 Å². The normalized spacial score (nSPS) is 22.0. The summed E-state index contributed by atoms with van der Waals surface area (Å²) in [6, 6.07) is 10.6. The van der Waals surface area contributed by atoms with Gasteiger partial charge >= 0.3 is 0 Å². The summed E-state index contributed by atoms with van der Waals surface area (Å²) >= 11 is 5.75. The molecule has 5 heteroatoms. The second kappa shape index (κ2) is 5.73. The van der Waals surface area contributed by atoms with Gasteiger partial charge in [-0.3, -0.25) is 4.40 Å². The van der Waals surface area contributed by atoms with Gasteiger partial charge in [0, 0.05) is 11.3 Å². The number of rotatable bonds is 2. The molecule has 0 spiro atoms. The number of quaternary nitrogens is 1. The highest BCUT2D eigenvalue weighted by molar-refractivity contribution is 7.71. The van der Waals surface area contributed by atoms with Crippen LogP contribution in [0.5, 0.6) is 0 Å². The molecule has 1 aromatic carbocycles. The summed E-state index contributed by atoms with van der Waals surface area (Å²) < 4.78 is 4.94. The lowest BCUT2D eigenvalue weighted by molar-refractivity contribution is -0.931. The van der Waals surface area contributed by atoms with Gasteiger partial charge in [0.25, 0.3) is 0 Å². The lowest BCUT2D eigenvalue weighted by Crippen LogP contribution is -3.12. The number of fused-ring (bicyclic) bond motifs is 3. The van der Waals surface area contributed by atoms with Crippen molar-refractivity contribution < 1.29 is 4.90 Å². The second-order valence-electron chi connectivity index (χ2n) is 6.93. The number of hydrogen-bond donors (Lipinski definition) is 1. The van der Waals surface area contributed by atoms with E-state index in [1.165, 1.54) is 36.9 Å². The zero-order valence-corrected chi connectivity index (χ0v) is 14.6. The third kappa shape index (κ3) is 2.58. The van der Waals surface area contributed by atoms with Crippen LogP contribution in [0.3, 0.4) is 0 Å². The summed E-state index contributed by atoms with van der Waals surface area (Å²) in [6.07, 6.45) is 2.66. The summed E-state index contributed by atoms with van der Waals surface area (Å²) in [4.78, 5) is 1.59. The van der Waals surface area contributed by atoms with Crippen LogP contribution in [-0.4, -0.2) is 27.3 Å². The Morgan fingerprint density at radius 1 is 1.35 bits per heavy atom. The quantitative estimate of drug-likeness (QED) is 0.733. The Hall–Kier alpha value is -1.72. The Labute approximate surface area is 141 Å². The minimum absolute atomic E-state index is 0.799. The Bertz CT molecular complexity index is 924. The fourth-order valence-corrected chi connectivity index (χ4v) is 4.17. The van der Waals surface area contributed by atoms with Gasteiger partial charge in [0.15, 0.2) is 12.3 Å². The summed E-state index contributed by atoms with van der Waals surface area (Å²) in [5, 5.41) is 6.04. The largest absolute Gasteiger partial charge is 0.316 e. The van der Waals surface area contributed by atoms with Crippen LogP contribution in [0.2, 0.25) is 0 Å². The monoisotopic (exact) mass is 327 g/mol. The van der Waals surface area contributed by atoms with Gasteiger partial charge in [-0.15, -0.1) is 5.10 Å². The lowest BCUT2D eigenvalue weighted by atomic mass is 10.0. The first-order valence-corrected chi connectivity index (χ1v) is 8.86. The minimum atomic E-state index is 0.799. The highest BCUT2D eigenvalue weighted by atomic mass is 32.1. The molecule has 1 saturated heterocycles. The maximum Gasteiger partial charge on any atom is 0.207 e. The number of piperidine rings is 1. The van der Waals surface area contributed by atoms with E-state index in [1.807, 2.05) is 4.68 Å². The van der Waals surface area contributed by atoms with Crippen LogP contribution in [0.4, 0.5) is 0 Å². The van der Waals surface area contributed by atoms with Gasteiger partial charge in [0.05, 0.1) is 18.6 Å². The first-order valence-electron chi connectivity index (χ1n) is 8.45. The number of aromatic nitrogens is 3. The van der Waals surface area contributed by atoms with E-state index in [1.54, 1.807) is 4.90 Å². The summed E-state index contributed by atoms with van der Waals surface area (Å²) in [6.45, 7) is 7.80. The molecule has 1 aliphatic heterocycles. The summed E-state index contributed by atoms with van der Waals surface area (Å²) in [5.41, 5.74) is 3.36. The Balaban J connectivity index is 1.81. The molecule has 3 heterocycles. The number of likely N-dealkylation sites (tertiary alicyclic amines) is 1. The molecule has 2 atom stereocenters. The average Bonchev–Trinajstić information content (AvgIpc) is 2.84. The summed E-state index contributed by atoms with van der Waals surface area (Å²) in [7, 11) is 0. The van der Waals surface area contributed by atoms with E-state index in [0.29, 0.717) is 0 Å². The molecule has 0 aliphatic carbocycles. The molecular weight excluding hydrogens is 304 g/mol. The van der Waals surface area contributed by atoms with Crippen LogP contribution >= 0.6 is 12.2 Å². The first-order chi connectivity index (χ1) is 11.1. The van der Waals surface area contributed by atoms with Gasteiger partial charge in [0.2, 0.25) is 4.77 Å². The van der Waals surface area contributed by atoms with Crippen LogP contribution in [0, 0.1) is 17.6 Å². The SMILES string of the molecule is Cc1cc2nn(C[NH+]3CCC[C@H](C)C3)c(=S)n2c2ccccc12. The van der Waals surface area contributed by atoms with Gasteiger partial charge in [-0.2, -0.15) is 4.68 Å². The van der Waals surface area contributed by atoms with E-state index in [4.69, 9.17) is 17.3 Å². The molecule has 1 N–H and O–H groups in total. The van der Waals surface area contributed by atoms with Crippen molar-refractivity contribution in [1.29, 1.82) is 0 Å². The lowest BCUT2D eigenvalue weighted by Gasteiger charge is -2.27. The minimum Gasteiger partial charge on any atom is -0.316 e. The van der Waals surface area contributed by atoms with E-state index in [2.05, 4.69) is 48.6 Å². The molecule has 1 unspecified atom stereocenters. The number of benzene rings is 1. The van der Waals surface area contributed by atoms with Crippen LogP contribution in [0.15, 0.2) is 30.3 Å². The van der Waals surface area contributed by atoms with Gasteiger partial charge in [-0.25, -0.2) is 0 Å². The number of nitrogens with zero attached hydrogens (tertiary/aromatic N) is 3. The summed E-state index contributed by atoms with van der Waals surface area (Å²) in [5.74, 6) is 0.799. The van der Waals surface area contributed by atoms with Crippen molar-refractivity contribution >= 4 is 28.8 Å². The zero-order chi connectivity index (χ0) is 16.0. The molecule has 1 aliphatic rings. The number of hydrogen-bond acceptors (Lipinski definition) is 2. The fourth-order valence-electron chi connectivity index (χ4n) is 3.87.